The normalized spacial score (nSPS) is 11.8. The largest absolute Gasteiger partial charge is 0.507 e. The molecule has 0 saturated heterocycles. The Hall–Kier alpha value is -2.10. The third-order valence-corrected chi connectivity index (χ3v) is 6.75. The van der Waals surface area contributed by atoms with Crippen LogP contribution in [-0.4, -0.2) is 30.0 Å². The molecule has 0 spiro atoms. The van der Waals surface area contributed by atoms with E-state index in [1.165, 1.54) is 0 Å². The number of para-hydroxylation sites is 1. The second-order valence-electron chi connectivity index (χ2n) is 12.1. The van der Waals surface area contributed by atoms with E-state index in [0.717, 1.165) is 51.2 Å². The number of phenolic OH excluding ortho intramolecular Hbond substituents is 2. The van der Waals surface area contributed by atoms with Crippen LogP contribution in [0.15, 0.2) is 48.5 Å². The second-order valence-corrected chi connectivity index (χ2v) is 12.1. The van der Waals surface area contributed by atoms with Gasteiger partial charge in [0.05, 0.1) is 5.69 Å². The smallest absolute Gasteiger partial charge is 0.142 e. The Kier molecular flexibility index (Phi) is 10.8. The third-order valence-electron chi connectivity index (χ3n) is 6.75. The van der Waals surface area contributed by atoms with Gasteiger partial charge in [-0.3, -0.25) is 0 Å². The number of phenols is 2. The van der Waals surface area contributed by atoms with Crippen molar-refractivity contribution in [3.63, 3.8) is 0 Å². The third kappa shape index (κ3) is 7.30. The molecule has 0 amide bonds. The van der Waals surface area contributed by atoms with Crippen LogP contribution in [0.1, 0.15) is 77.1 Å². The van der Waals surface area contributed by atoms with Gasteiger partial charge in [0, 0.05) is 73.9 Å². The molecule has 3 aromatic rings. The molecule has 0 atom stereocenters. The Morgan fingerprint density at radius 2 is 1.29 bits per heavy atom. The Morgan fingerprint density at radius 3 is 1.87 bits per heavy atom. The van der Waals surface area contributed by atoms with Crippen molar-refractivity contribution in [2.75, 3.05) is 24.7 Å². The molecular formula is C33H45NO3Zr. The van der Waals surface area contributed by atoms with E-state index in [-0.39, 0.29) is 37.0 Å². The first-order valence-electron chi connectivity index (χ1n) is 13.4. The fourth-order valence-corrected chi connectivity index (χ4v) is 4.87. The van der Waals surface area contributed by atoms with E-state index in [9.17, 15) is 10.2 Å². The first-order valence-corrected chi connectivity index (χ1v) is 13.4. The van der Waals surface area contributed by atoms with E-state index in [0.29, 0.717) is 31.3 Å². The number of aromatic hydroxyl groups is 2. The van der Waals surface area contributed by atoms with E-state index < -0.39 is 0 Å². The van der Waals surface area contributed by atoms with Crippen LogP contribution in [0.25, 0.3) is 11.1 Å². The first kappa shape index (κ1) is 32.1. The molecule has 0 aliphatic rings. The summed E-state index contributed by atoms with van der Waals surface area (Å²) in [5.41, 5.74) is 7.09. The minimum atomic E-state index is -0.211. The Labute approximate surface area is 249 Å². The Morgan fingerprint density at radius 1 is 0.737 bits per heavy atom. The van der Waals surface area contributed by atoms with Gasteiger partial charge in [-0.1, -0.05) is 71.9 Å². The SMILES string of the molecule is CCOCCCN(c1ccccc1-c1cc(C)cc(C(C)(C)C)c1O)c1cc(C)cc(C(C)(C)C)c1O.[Zr]. The molecule has 0 heterocycles. The quantitative estimate of drug-likeness (QED) is 0.257. The summed E-state index contributed by atoms with van der Waals surface area (Å²) in [7, 11) is 0. The molecule has 0 unspecified atom stereocenters. The van der Waals surface area contributed by atoms with Gasteiger partial charge in [0.15, 0.2) is 0 Å². The number of anilines is 2. The Balaban J connectivity index is 0.00000507. The van der Waals surface area contributed by atoms with Gasteiger partial charge in [-0.15, -0.1) is 0 Å². The Bertz CT molecular complexity index is 1240. The van der Waals surface area contributed by atoms with Gasteiger partial charge < -0.3 is 19.8 Å². The molecule has 0 saturated carbocycles. The summed E-state index contributed by atoms with van der Waals surface area (Å²) in [6.07, 6.45) is 0.799. The summed E-state index contributed by atoms with van der Waals surface area (Å²) in [6, 6.07) is 16.4. The maximum Gasteiger partial charge on any atom is 0.142 e. The molecule has 5 heteroatoms. The summed E-state index contributed by atoms with van der Waals surface area (Å²) in [6.45, 7) is 20.9. The number of aryl methyl sites for hydroxylation is 2. The number of rotatable bonds is 8. The maximum absolute atomic E-state index is 11.6. The number of nitrogens with zero attached hydrogens (tertiary/aromatic N) is 1. The van der Waals surface area contributed by atoms with E-state index in [1.54, 1.807) is 0 Å². The van der Waals surface area contributed by atoms with Crippen LogP contribution in [0.5, 0.6) is 11.5 Å². The molecule has 0 bridgehead atoms. The van der Waals surface area contributed by atoms with Crippen molar-refractivity contribution in [3.8, 4) is 22.6 Å². The predicted octanol–water partition coefficient (Wildman–Crippen LogP) is 8.54. The molecule has 0 aromatic heterocycles. The van der Waals surface area contributed by atoms with Crippen LogP contribution in [0.4, 0.5) is 11.4 Å². The summed E-state index contributed by atoms with van der Waals surface area (Å²) in [4.78, 5) is 2.18. The van der Waals surface area contributed by atoms with Gasteiger partial charge in [-0.2, -0.15) is 0 Å². The van der Waals surface area contributed by atoms with Gasteiger partial charge in [-0.25, -0.2) is 0 Å². The average molecular weight is 595 g/mol. The van der Waals surface area contributed by atoms with E-state index >= 15 is 0 Å². The standard InChI is InChI=1S/C33H45NO3.Zr/c1-10-37-17-13-16-34(29-21-23(3)20-27(31(29)36)33(7,8)9)28-15-12-11-14-24(28)25-18-22(2)19-26(30(25)35)32(4,5)6;/h11-12,14-15,18-21,35-36H,10,13,16-17H2,1-9H3;. The molecule has 204 valence electrons. The summed E-state index contributed by atoms with van der Waals surface area (Å²) < 4.78 is 5.66. The van der Waals surface area contributed by atoms with Crippen molar-refractivity contribution in [2.45, 2.75) is 79.6 Å². The number of hydrogen-bond acceptors (Lipinski definition) is 4. The van der Waals surface area contributed by atoms with Crippen LogP contribution in [0.2, 0.25) is 0 Å². The topological polar surface area (TPSA) is 52.9 Å². The molecule has 0 aliphatic heterocycles. The van der Waals surface area contributed by atoms with E-state index in [2.05, 4.69) is 96.7 Å². The number of benzene rings is 3. The molecule has 0 fully saturated rings. The van der Waals surface area contributed by atoms with Crippen molar-refractivity contribution in [3.05, 3.63) is 70.8 Å². The molecule has 4 nitrogen and oxygen atoms in total. The van der Waals surface area contributed by atoms with Crippen LogP contribution < -0.4 is 4.90 Å². The van der Waals surface area contributed by atoms with E-state index in [4.69, 9.17) is 4.74 Å². The van der Waals surface area contributed by atoms with E-state index in [1.807, 2.05) is 19.1 Å². The molecule has 0 aliphatic carbocycles. The maximum atomic E-state index is 11.6. The first-order chi connectivity index (χ1) is 17.3. The van der Waals surface area contributed by atoms with Gasteiger partial charge in [-0.05, 0) is 67.3 Å². The molecular weight excluding hydrogens is 550 g/mol. The molecule has 3 aromatic carbocycles. The van der Waals surface area contributed by atoms with Gasteiger partial charge in [0.2, 0.25) is 0 Å². The van der Waals surface area contributed by atoms with Crippen molar-refractivity contribution in [1.29, 1.82) is 0 Å². The minimum absolute atomic E-state index is 0. The van der Waals surface area contributed by atoms with Crippen LogP contribution in [-0.2, 0) is 41.8 Å². The van der Waals surface area contributed by atoms with Crippen molar-refractivity contribution < 1.29 is 41.2 Å². The summed E-state index contributed by atoms with van der Waals surface area (Å²) >= 11 is 0. The van der Waals surface area contributed by atoms with Crippen LogP contribution in [0.3, 0.4) is 0 Å². The predicted molar refractivity (Wildman–Crippen MR) is 157 cm³/mol. The van der Waals surface area contributed by atoms with Gasteiger partial charge >= 0.3 is 0 Å². The van der Waals surface area contributed by atoms with Crippen molar-refractivity contribution in [1.82, 2.24) is 0 Å². The fourth-order valence-electron chi connectivity index (χ4n) is 4.87. The molecule has 2 N–H and O–H groups in total. The zero-order valence-electron chi connectivity index (χ0n) is 24.7. The van der Waals surface area contributed by atoms with Gasteiger partial charge in [0.1, 0.15) is 11.5 Å². The summed E-state index contributed by atoms with van der Waals surface area (Å²) in [5, 5.41) is 23.1. The van der Waals surface area contributed by atoms with Crippen LogP contribution >= 0.6 is 0 Å². The van der Waals surface area contributed by atoms with Gasteiger partial charge in [0.25, 0.3) is 0 Å². The zero-order valence-corrected chi connectivity index (χ0v) is 27.2. The van der Waals surface area contributed by atoms with Crippen LogP contribution in [0, 0.1) is 13.8 Å². The minimum Gasteiger partial charge on any atom is -0.507 e. The van der Waals surface area contributed by atoms with Crippen molar-refractivity contribution >= 4 is 11.4 Å². The molecule has 38 heavy (non-hydrogen) atoms. The molecule has 0 radical (unpaired) electrons. The number of ether oxygens (including phenoxy) is 1. The fraction of sp³-hybridized carbons (Fsp3) is 0.455. The molecule has 3 rings (SSSR count). The van der Waals surface area contributed by atoms with Crippen molar-refractivity contribution in [2.24, 2.45) is 0 Å². The number of hydrogen-bond donors (Lipinski definition) is 2. The zero-order chi connectivity index (χ0) is 27.5. The average Bonchev–Trinajstić information content (AvgIpc) is 2.80. The second kappa shape index (κ2) is 12.8. The monoisotopic (exact) mass is 593 g/mol. The summed E-state index contributed by atoms with van der Waals surface area (Å²) in [5.74, 6) is 0.608.